The Hall–Kier alpha value is -1.28. The number of hydrogen-bond acceptors (Lipinski definition) is 2. The summed E-state index contributed by atoms with van der Waals surface area (Å²) in [4.78, 5) is 0. The van der Waals surface area contributed by atoms with Crippen molar-refractivity contribution in [2.24, 2.45) is 23.7 Å². The van der Waals surface area contributed by atoms with Crippen LogP contribution in [0.5, 0.6) is 5.75 Å². The van der Waals surface area contributed by atoms with E-state index in [1.165, 1.54) is 16.7 Å². The van der Waals surface area contributed by atoms with Gasteiger partial charge in [-0.1, -0.05) is 73.6 Å². The molecule has 1 aromatic rings. The van der Waals surface area contributed by atoms with E-state index >= 15 is 0 Å². The minimum absolute atomic E-state index is 0.414. The molecular formula is C26H40O2. The molecule has 0 aromatic heterocycles. The van der Waals surface area contributed by atoms with Gasteiger partial charge in [0.05, 0.1) is 18.8 Å². The lowest BCUT2D eigenvalue weighted by molar-refractivity contribution is 0.0957. The third-order valence-electron chi connectivity index (χ3n) is 6.70. The zero-order chi connectivity index (χ0) is 20.6. The molecule has 4 unspecified atom stereocenters. The quantitative estimate of drug-likeness (QED) is 0.535. The van der Waals surface area contributed by atoms with Gasteiger partial charge in [0.25, 0.3) is 0 Å². The van der Waals surface area contributed by atoms with Gasteiger partial charge in [-0.2, -0.15) is 0 Å². The summed E-state index contributed by atoms with van der Waals surface area (Å²) in [6.45, 7) is 19.2. The normalized spacial score (nSPS) is 27.6. The van der Waals surface area contributed by atoms with E-state index in [-0.39, 0.29) is 0 Å². The Morgan fingerprint density at radius 3 is 1.82 bits per heavy atom. The second-order valence-corrected chi connectivity index (χ2v) is 10.0. The van der Waals surface area contributed by atoms with Crippen molar-refractivity contribution < 1.29 is 9.47 Å². The van der Waals surface area contributed by atoms with Crippen LogP contribution in [-0.2, 0) is 11.2 Å². The molecule has 1 aromatic carbocycles. The predicted octanol–water partition coefficient (Wildman–Crippen LogP) is 6.74. The van der Waals surface area contributed by atoms with Crippen LogP contribution < -0.4 is 4.74 Å². The number of rotatable bonds is 4. The molecule has 0 spiro atoms. The van der Waals surface area contributed by atoms with Crippen LogP contribution in [0.2, 0.25) is 0 Å². The van der Waals surface area contributed by atoms with Crippen molar-refractivity contribution in [2.75, 3.05) is 6.61 Å². The van der Waals surface area contributed by atoms with Crippen molar-refractivity contribution >= 4 is 0 Å². The molecule has 0 radical (unpaired) electrons. The fourth-order valence-electron chi connectivity index (χ4n) is 5.52. The molecule has 28 heavy (non-hydrogen) atoms. The van der Waals surface area contributed by atoms with Gasteiger partial charge in [-0.3, -0.25) is 0 Å². The molecule has 3 aliphatic heterocycles. The number of ether oxygens (including phenoxy) is 2. The van der Waals surface area contributed by atoms with Gasteiger partial charge < -0.3 is 9.47 Å². The van der Waals surface area contributed by atoms with Gasteiger partial charge in [0.15, 0.2) is 0 Å². The largest absolute Gasteiger partial charge is 0.493 e. The van der Waals surface area contributed by atoms with E-state index in [0.717, 1.165) is 42.4 Å². The molecule has 0 saturated carbocycles. The first-order chi connectivity index (χ1) is 13.2. The van der Waals surface area contributed by atoms with E-state index in [0.29, 0.717) is 24.0 Å². The van der Waals surface area contributed by atoms with Gasteiger partial charge in [-0.25, -0.2) is 0 Å². The van der Waals surface area contributed by atoms with Crippen LogP contribution in [-0.4, -0.2) is 18.8 Å². The van der Waals surface area contributed by atoms with Crippen molar-refractivity contribution in [3.63, 3.8) is 0 Å². The molecule has 1 saturated heterocycles. The summed E-state index contributed by atoms with van der Waals surface area (Å²) in [5.41, 5.74) is 4.48. The average molecular weight is 385 g/mol. The lowest BCUT2D eigenvalue weighted by atomic mass is 9.71. The predicted molar refractivity (Wildman–Crippen MR) is 118 cm³/mol. The van der Waals surface area contributed by atoms with Crippen molar-refractivity contribution in [3.8, 4) is 5.75 Å². The summed E-state index contributed by atoms with van der Waals surface area (Å²) >= 11 is 0. The third-order valence-corrected chi connectivity index (χ3v) is 6.70. The summed E-state index contributed by atoms with van der Waals surface area (Å²) in [6.07, 6.45) is 6.43. The number of benzene rings is 1. The maximum Gasteiger partial charge on any atom is 0.122 e. The average Bonchev–Trinajstić information content (AvgIpc) is 3.35. The van der Waals surface area contributed by atoms with Crippen LogP contribution in [0.4, 0.5) is 0 Å². The summed E-state index contributed by atoms with van der Waals surface area (Å²) < 4.78 is 11.5. The molecule has 2 nitrogen and oxygen atoms in total. The van der Waals surface area contributed by atoms with Crippen molar-refractivity contribution in [1.82, 2.24) is 0 Å². The second kappa shape index (κ2) is 8.61. The molecule has 4 atom stereocenters. The van der Waals surface area contributed by atoms with Gasteiger partial charge >= 0.3 is 0 Å². The first-order valence-electron chi connectivity index (χ1n) is 11.3. The van der Waals surface area contributed by atoms with Crippen molar-refractivity contribution in [1.29, 1.82) is 0 Å². The Morgan fingerprint density at radius 1 is 0.786 bits per heavy atom. The van der Waals surface area contributed by atoms with Crippen LogP contribution in [0, 0.1) is 23.7 Å². The Bertz CT molecular complexity index is 677. The maximum absolute atomic E-state index is 5.91. The molecule has 156 valence electrons. The molecule has 3 aliphatic rings. The molecule has 3 heterocycles. The Labute approximate surface area is 172 Å². The van der Waals surface area contributed by atoms with E-state index in [4.69, 9.17) is 9.47 Å². The van der Waals surface area contributed by atoms with Gasteiger partial charge in [0.2, 0.25) is 0 Å². The van der Waals surface area contributed by atoms with Gasteiger partial charge in [-0.15, -0.1) is 0 Å². The molecule has 1 fully saturated rings. The van der Waals surface area contributed by atoms with E-state index < -0.39 is 0 Å². The maximum atomic E-state index is 5.91. The lowest BCUT2D eigenvalue weighted by Crippen LogP contribution is -2.31. The molecule has 0 amide bonds. The van der Waals surface area contributed by atoms with Crippen LogP contribution in [0.1, 0.15) is 83.9 Å². The van der Waals surface area contributed by atoms with Gasteiger partial charge in [0.1, 0.15) is 5.75 Å². The fourth-order valence-corrected chi connectivity index (χ4v) is 5.52. The standard InChI is InChI=1S/C14H20O.C12H20O/c1-9(2)11-5-6-13-12(7-8-15-13)14(11)10(3)4;1-7(2)11-9-5-6-10(13-9)12(11)8(3)4/h5-6,9-10H,7-8H2,1-4H3;5-12H,1-4H3. The zero-order valence-electron chi connectivity index (χ0n) is 19.2. The van der Waals surface area contributed by atoms with Crippen LogP contribution in [0.15, 0.2) is 24.3 Å². The Balaban J connectivity index is 0.000000162. The molecule has 0 N–H and O–H groups in total. The van der Waals surface area contributed by atoms with Crippen LogP contribution >= 0.6 is 0 Å². The number of hydrogen-bond donors (Lipinski definition) is 0. The molecule has 0 aliphatic carbocycles. The van der Waals surface area contributed by atoms with Crippen LogP contribution in [0.25, 0.3) is 0 Å². The van der Waals surface area contributed by atoms with E-state index in [1.54, 1.807) is 0 Å². The summed E-state index contributed by atoms with van der Waals surface area (Å²) in [7, 11) is 0. The first-order valence-corrected chi connectivity index (χ1v) is 11.3. The molecular weight excluding hydrogens is 344 g/mol. The lowest BCUT2D eigenvalue weighted by Gasteiger charge is -2.31. The summed E-state index contributed by atoms with van der Waals surface area (Å²) in [5.74, 6) is 5.29. The Kier molecular flexibility index (Phi) is 6.59. The highest BCUT2D eigenvalue weighted by molar-refractivity contribution is 5.49. The fraction of sp³-hybridized carbons (Fsp3) is 0.692. The SMILES string of the molecule is CC(C)C1C2C=CC(O2)C1C(C)C.CC(C)c1ccc2c(c1C(C)C)CCO2. The molecule has 4 rings (SSSR count). The minimum Gasteiger partial charge on any atom is -0.493 e. The van der Waals surface area contributed by atoms with Crippen molar-refractivity contribution in [2.45, 2.75) is 85.9 Å². The summed E-state index contributed by atoms with van der Waals surface area (Å²) in [6, 6.07) is 4.38. The van der Waals surface area contributed by atoms with Crippen molar-refractivity contribution in [3.05, 3.63) is 41.0 Å². The van der Waals surface area contributed by atoms with E-state index in [1.807, 2.05) is 0 Å². The highest BCUT2D eigenvalue weighted by atomic mass is 16.5. The Morgan fingerprint density at radius 2 is 1.36 bits per heavy atom. The zero-order valence-corrected chi connectivity index (χ0v) is 19.2. The first kappa shape index (κ1) is 21.4. The summed E-state index contributed by atoms with van der Waals surface area (Å²) in [5, 5.41) is 0. The van der Waals surface area contributed by atoms with E-state index in [9.17, 15) is 0 Å². The van der Waals surface area contributed by atoms with Crippen LogP contribution in [0.3, 0.4) is 0 Å². The third kappa shape index (κ3) is 4.03. The highest BCUT2D eigenvalue weighted by Gasteiger charge is 2.47. The molecule has 2 bridgehead atoms. The monoisotopic (exact) mass is 384 g/mol. The van der Waals surface area contributed by atoms with E-state index in [2.05, 4.69) is 79.7 Å². The smallest absolute Gasteiger partial charge is 0.122 e. The second-order valence-electron chi connectivity index (χ2n) is 10.0. The molecule has 2 heteroatoms. The topological polar surface area (TPSA) is 18.5 Å². The minimum atomic E-state index is 0.414. The number of fused-ring (bicyclic) bond motifs is 3. The van der Waals surface area contributed by atoms with Gasteiger partial charge in [0, 0.05) is 12.0 Å². The highest BCUT2D eigenvalue weighted by Crippen LogP contribution is 2.46. The van der Waals surface area contributed by atoms with Gasteiger partial charge in [-0.05, 0) is 52.7 Å².